The summed E-state index contributed by atoms with van der Waals surface area (Å²) < 4.78 is 23.8. The summed E-state index contributed by atoms with van der Waals surface area (Å²) in [6.07, 6.45) is -1.21. The molecule has 1 aliphatic rings. The number of oxazole rings is 1. The second-order valence-electron chi connectivity index (χ2n) is 6.02. The number of rotatable bonds is 4. The average molecular weight is 350 g/mol. The maximum atomic E-state index is 13.2. The van der Waals surface area contributed by atoms with Crippen molar-refractivity contribution in [3.05, 3.63) is 47.9 Å². The van der Waals surface area contributed by atoms with E-state index in [9.17, 15) is 19.4 Å². The molecule has 1 fully saturated rings. The molecule has 0 radical (unpaired) electrons. The molecule has 1 aromatic carbocycles. The van der Waals surface area contributed by atoms with Crippen molar-refractivity contribution in [3.8, 4) is 5.75 Å². The molecule has 0 unspecified atom stereocenters. The second-order valence-corrected chi connectivity index (χ2v) is 6.02. The van der Waals surface area contributed by atoms with E-state index in [0.717, 1.165) is 0 Å². The molecule has 134 valence electrons. The fourth-order valence-corrected chi connectivity index (χ4v) is 2.90. The van der Waals surface area contributed by atoms with Gasteiger partial charge in [0.2, 0.25) is 5.76 Å². The number of carbonyl (C=O) groups is 1. The number of benzene rings is 1. The first-order valence-corrected chi connectivity index (χ1v) is 7.95. The van der Waals surface area contributed by atoms with Crippen LogP contribution >= 0.6 is 0 Å². The predicted octanol–water partition coefficient (Wildman–Crippen LogP) is 1.18. The second kappa shape index (κ2) is 7.20. The zero-order valence-corrected chi connectivity index (χ0v) is 13.6. The van der Waals surface area contributed by atoms with Crippen LogP contribution in [0.4, 0.5) is 4.39 Å². The molecule has 3 rings (SSSR count). The SMILES string of the molecule is Cc1ncoc1C(=O)N[C@@H]1CC[C@@H](Oc2cccc(F)c2)[C@@H](O)[C@@H]1O. The Morgan fingerprint density at radius 2 is 2.16 bits per heavy atom. The van der Waals surface area contributed by atoms with Gasteiger partial charge >= 0.3 is 0 Å². The maximum absolute atomic E-state index is 13.2. The van der Waals surface area contributed by atoms with Crippen molar-refractivity contribution in [1.82, 2.24) is 10.3 Å². The average Bonchev–Trinajstić information content (AvgIpc) is 3.01. The summed E-state index contributed by atoms with van der Waals surface area (Å²) in [5.41, 5.74) is 0.440. The van der Waals surface area contributed by atoms with E-state index in [2.05, 4.69) is 10.3 Å². The molecule has 1 aromatic heterocycles. The normalized spacial score (nSPS) is 26.2. The van der Waals surface area contributed by atoms with Crippen LogP contribution in [0.3, 0.4) is 0 Å². The summed E-state index contributed by atoms with van der Waals surface area (Å²) in [4.78, 5) is 16.0. The number of nitrogens with zero attached hydrogens (tertiary/aromatic N) is 1. The molecule has 1 amide bonds. The highest BCUT2D eigenvalue weighted by molar-refractivity contribution is 5.92. The van der Waals surface area contributed by atoms with Gasteiger partial charge in [0, 0.05) is 6.07 Å². The number of carbonyl (C=O) groups excluding carboxylic acids is 1. The number of aryl methyl sites for hydroxylation is 1. The molecule has 3 N–H and O–H groups in total. The summed E-state index contributed by atoms with van der Waals surface area (Å²) in [6, 6.07) is 4.91. The Hall–Kier alpha value is -2.45. The number of aromatic nitrogens is 1. The number of nitrogens with one attached hydrogen (secondary N) is 1. The number of ether oxygens (including phenoxy) is 1. The lowest BCUT2D eigenvalue weighted by Crippen LogP contribution is -2.57. The van der Waals surface area contributed by atoms with E-state index < -0.39 is 36.1 Å². The number of hydrogen-bond donors (Lipinski definition) is 3. The van der Waals surface area contributed by atoms with Crippen LogP contribution in [0.5, 0.6) is 5.75 Å². The van der Waals surface area contributed by atoms with Gasteiger partial charge in [0.1, 0.15) is 29.9 Å². The Balaban J connectivity index is 1.62. The Kier molecular flexibility index (Phi) is 5.00. The van der Waals surface area contributed by atoms with E-state index in [0.29, 0.717) is 18.5 Å². The predicted molar refractivity (Wildman–Crippen MR) is 84.6 cm³/mol. The van der Waals surface area contributed by atoms with Crippen LogP contribution in [0.2, 0.25) is 0 Å². The van der Waals surface area contributed by atoms with Crippen molar-refractivity contribution in [2.75, 3.05) is 0 Å². The summed E-state index contributed by atoms with van der Waals surface area (Å²) >= 11 is 0. The zero-order chi connectivity index (χ0) is 18.0. The summed E-state index contributed by atoms with van der Waals surface area (Å²) in [7, 11) is 0. The van der Waals surface area contributed by atoms with Crippen LogP contribution in [0.25, 0.3) is 0 Å². The molecule has 2 aromatic rings. The zero-order valence-electron chi connectivity index (χ0n) is 13.6. The summed E-state index contributed by atoms with van der Waals surface area (Å²) in [5.74, 6) is -0.609. The molecule has 1 saturated carbocycles. The minimum absolute atomic E-state index is 0.0693. The first-order chi connectivity index (χ1) is 12.0. The monoisotopic (exact) mass is 350 g/mol. The fourth-order valence-electron chi connectivity index (χ4n) is 2.90. The lowest BCUT2D eigenvalue weighted by Gasteiger charge is -2.37. The Morgan fingerprint density at radius 1 is 1.36 bits per heavy atom. The van der Waals surface area contributed by atoms with Gasteiger partial charge in [-0.2, -0.15) is 0 Å². The smallest absolute Gasteiger partial charge is 0.289 e. The van der Waals surface area contributed by atoms with Gasteiger partial charge in [-0.1, -0.05) is 6.07 Å². The standard InChI is InChI=1S/C17H19FN2O5/c1-9-16(24-8-19-9)17(23)20-12-5-6-13(15(22)14(12)21)25-11-4-2-3-10(18)7-11/h2-4,7-8,12-15,21-22H,5-6H2,1H3,(H,20,23)/t12-,13-,14-,15-/m1/s1. The van der Waals surface area contributed by atoms with Gasteiger partial charge in [-0.05, 0) is 31.9 Å². The molecule has 0 bridgehead atoms. The molecule has 7 nitrogen and oxygen atoms in total. The topological polar surface area (TPSA) is 105 Å². The fraction of sp³-hybridized carbons (Fsp3) is 0.412. The molecular formula is C17H19FN2O5. The highest BCUT2D eigenvalue weighted by atomic mass is 19.1. The molecule has 0 spiro atoms. The third-order valence-electron chi connectivity index (χ3n) is 4.26. The molecule has 25 heavy (non-hydrogen) atoms. The van der Waals surface area contributed by atoms with Crippen LogP contribution in [0, 0.1) is 12.7 Å². The number of hydrogen-bond acceptors (Lipinski definition) is 6. The van der Waals surface area contributed by atoms with Crippen molar-refractivity contribution in [2.24, 2.45) is 0 Å². The summed E-state index contributed by atoms with van der Waals surface area (Å²) in [6.45, 7) is 1.63. The van der Waals surface area contributed by atoms with Crippen LogP contribution in [-0.4, -0.2) is 45.5 Å². The van der Waals surface area contributed by atoms with Crippen LogP contribution in [0.1, 0.15) is 29.1 Å². The molecule has 1 heterocycles. The largest absolute Gasteiger partial charge is 0.488 e. The van der Waals surface area contributed by atoms with Gasteiger partial charge in [0.15, 0.2) is 6.39 Å². The lowest BCUT2D eigenvalue weighted by atomic mass is 9.87. The Labute approximate surface area is 143 Å². The molecule has 0 aliphatic heterocycles. The summed E-state index contributed by atoms with van der Waals surface area (Å²) in [5, 5.41) is 23.2. The van der Waals surface area contributed by atoms with Crippen LogP contribution in [-0.2, 0) is 0 Å². The van der Waals surface area contributed by atoms with Gasteiger partial charge in [0.05, 0.1) is 11.7 Å². The van der Waals surface area contributed by atoms with Crippen LogP contribution < -0.4 is 10.1 Å². The van der Waals surface area contributed by atoms with E-state index in [1.54, 1.807) is 13.0 Å². The van der Waals surface area contributed by atoms with Gasteiger partial charge < -0.3 is 24.7 Å². The van der Waals surface area contributed by atoms with Crippen molar-refractivity contribution in [3.63, 3.8) is 0 Å². The number of aliphatic hydroxyl groups excluding tert-OH is 2. The Bertz CT molecular complexity index is 750. The van der Waals surface area contributed by atoms with Crippen molar-refractivity contribution >= 4 is 5.91 Å². The highest BCUT2D eigenvalue weighted by Gasteiger charge is 2.40. The minimum Gasteiger partial charge on any atom is -0.488 e. The van der Waals surface area contributed by atoms with E-state index in [4.69, 9.17) is 9.15 Å². The van der Waals surface area contributed by atoms with Gasteiger partial charge in [0.25, 0.3) is 5.91 Å². The first kappa shape index (κ1) is 17.4. The van der Waals surface area contributed by atoms with Crippen molar-refractivity contribution in [2.45, 2.75) is 44.1 Å². The minimum atomic E-state index is -1.22. The number of halogens is 1. The molecule has 4 atom stereocenters. The van der Waals surface area contributed by atoms with E-state index in [1.165, 1.54) is 24.6 Å². The molecular weight excluding hydrogens is 331 g/mol. The lowest BCUT2D eigenvalue weighted by molar-refractivity contribution is -0.0875. The highest BCUT2D eigenvalue weighted by Crippen LogP contribution is 2.25. The van der Waals surface area contributed by atoms with Gasteiger partial charge in [-0.3, -0.25) is 4.79 Å². The third kappa shape index (κ3) is 3.80. The Morgan fingerprint density at radius 3 is 2.84 bits per heavy atom. The third-order valence-corrected chi connectivity index (χ3v) is 4.26. The maximum Gasteiger partial charge on any atom is 0.289 e. The van der Waals surface area contributed by atoms with Crippen molar-refractivity contribution < 1.29 is 28.6 Å². The van der Waals surface area contributed by atoms with E-state index in [-0.39, 0.29) is 11.5 Å². The number of aliphatic hydroxyl groups is 2. The van der Waals surface area contributed by atoms with E-state index in [1.807, 2.05) is 0 Å². The number of amides is 1. The van der Waals surface area contributed by atoms with Crippen molar-refractivity contribution in [1.29, 1.82) is 0 Å². The first-order valence-electron chi connectivity index (χ1n) is 7.95. The van der Waals surface area contributed by atoms with Gasteiger partial charge in [-0.25, -0.2) is 9.37 Å². The van der Waals surface area contributed by atoms with E-state index >= 15 is 0 Å². The molecule has 0 saturated heterocycles. The molecule has 1 aliphatic carbocycles. The van der Waals surface area contributed by atoms with Crippen LogP contribution in [0.15, 0.2) is 35.1 Å². The molecule has 8 heteroatoms. The quantitative estimate of drug-likeness (QED) is 0.765. The van der Waals surface area contributed by atoms with Gasteiger partial charge in [-0.15, -0.1) is 0 Å².